The Morgan fingerprint density at radius 1 is 0.968 bits per heavy atom. The zero-order valence-corrected chi connectivity index (χ0v) is 36.0. The van der Waals surface area contributed by atoms with E-state index in [-0.39, 0.29) is 36.5 Å². The summed E-state index contributed by atoms with van der Waals surface area (Å²) in [5, 5.41) is 18.3. The molecule has 0 bridgehead atoms. The van der Waals surface area contributed by atoms with Crippen LogP contribution in [0.25, 0.3) is 28.1 Å². The van der Waals surface area contributed by atoms with Crippen LogP contribution in [0.4, 0.5) is 9.18 Å². The Morgan fingerprint density at radius 2 is 1.70 bits per heavy atom. The highest BCUT2D eigenvalue weighted by Crippen LogP contribution is 2.55. The summed E-state index contributed by atoms with van der Waals surface area (Å²) < 4.78 is 33.3. The van der Waals surface area contributed by atoms with Gasteiger partial charge in [-0.2, -0.15) is 5.10 Å². The van der Waals surface area contributed by atoms with Gasteiger partial charge in [0.2, 0.25) is 0 Å². The van der Waals surface area contributed by atoms with Crippen LogP contribution in [0.1, 0.15) is 89.1 Å². The van der Waals surface area contributed by atoms with Crippen molar-refractivity contribution in [2.75, 3.05) is 33.0 Å². The smallest absolute Gasteiger partial charge is 0.427 e. The van der Waals surface area contributed by atoms with Gasteiger partial charge >= 0.3 is 11.8 Å². The van der Waals surface area contributed by atoms with Crippen molar-refractivity contribution in [2.45, 2.75) is 84.0 Å². The van der Waals surface area contributed by atoms with Crippen LogP contribution in [-0.4, -0.2) is 84.6 Å². The van der Waals surface area contributed by atoms with Gasteiger partial charge in [-0.1, -0.05) is 13.0 Å². The fourth-order valence-electron chi connectivity index (χ4n) is 10.3. The van der Waals surface area contributed by atoms with Crippen LogP contribution in [0.2, 0.25) is 0 Å². The number of benzene rings is 3. The fourth-order valence-corrected chi connectivity index (χ4v) is 10.3. The van der Waals surface area contributed by atoms with Crippen molar-refractivity contribution in [3.8, 4) is 22.9 Å². The lowest BCUT2D eigenvalue weighted by molar-refractivity contribution is 0.0653. The summed E-state index contributed by atoms with van der Waals surface area (Å²) in [5.74, 6) is 0.983. The number of amides is 2. The molecule has 3 N–H and O–H groups in total. The van der Waals surface area contributed by atoms with Crippen molar-refractivity contribution < 1.29 is 33.4 Å². The van der Waals surface area contributed by atoms with Gasteiger partial charge in [0.1, 0.15) is 35.9 Å². The highest BCUT2D eigenvalue weighted by atomic mass is 19.1. The zero-order valence-electron chi connectivity index (χ0n) is 36.0. The average molecular weight is 859 g/mol. The standard InChI is InChI=1S/C47H51FN8O7/c1-26-20-34(7-9-39(26)62-19-16-57)53-14-15-54(46(53)60)42-40-30(5)52(13-10-36(40)50-56(42)35-21-27(2)41(48)28(3)22-35)43(58)38-24-33-23-32(31-11-17-61-18-12-31)6-8-37(33)55(38)47(25-29(47)4)44-49-45(59)63-51-44/h6-9,14-15,20-24,29-31,44,51,57H,10-13,16-19,25H2,1-5H3,(H,49,59)/t29-,30-,44?,47-/m0/s1. The van der Waals surface area contributed by atoms with Gasteiger partial charge < -0.3 is 28.9 Å². The number of rotatable bonds is 10. The minimum atomic E-state index is -0.685. The molecule has 10 rings (SSSR count). The van der Waals surface area contributed by atoms with Gasteiger partial charge in [-0.15, -0.1) is 5.48 Å². The number of nitrogens with one attached hydrogen (secondary N) is 2. The first-order valence-electron chi connectivity index (χ1n) is 21.7. The summed E-state index contributed by atoms with van der Waals surface area (Å²) in [5.41, 5.74) is 8.72. The van der Waals surface area contributed by atoms with Crippen LogP contribution in [0.5, 0.6) is 5.75 Å². The third-order valence-electron chi connectivity index (χ3n) is 13.7. The molecule has 2 saturated heterocycles. The molecule has 0 radical (unpaired) electrons. The SMILES string of the molecule is Cc1cc(-n2ccn(-c3c4c(nn3-c3cc(C)c(F)c(C)c3)CCN(C(=O)c3cc5cc(C6CCOCC6)ccc5n3[C@@]3(C5NOC(=O)N5)C[C@@H]3C)[C@H]4C)c2=O)ccc1OCCO. The normalized spacial score (nSPS) is 22.3. The van der Waals surface area contributed by atoms with E-state index in [0.29, 0.717) is 83.8 Å². The van der Waals surface area contributed by atoms with Crippen LogP contribution in [0, 0.1) is 32.5 Å². The number of hydrogen-bond donors (Lipinski definition) is 3. The predicted molar refractivity (Wildman–Crippen MR) is 231 cm³/mol. The van der Waals surface area contributed by atoms with Gasteiger partial charge in [-0.3, -0.25) is 19.2 Å². The first kappa shape index (κ1) is 40.8. The Morgan fingerprint density at radius 3 is 2.38 bits per heavy atom. The Labute approximate surface area is 362 Å². The number of halogens is 1. The van der Waals surface area contributed by atoms with Gasteiger partial charge in [0.25, 0.3) is 5.91 Å². The van der Waals surface area contributed by atoms with E-state index in [1.807, 2.05) is 30.9 Å². The Kier molecular flexibility index (Phi) is 10.1. The molecule has 3 aromatic heterocycles. The largest absolute Gasteiger partial charge is 0.491 e. The molecule has 3 aromatic carbocycles. The number of imidazole rings is 1. The maximum atomic E-state index is 15.5. The van der Waals surface area contributed by atoms with Gasteiger partial charge in [0.15, 0.2) is 0 Å². The van der Waals surface area contributed by atoms with Crippen molar-refractivity contribution in [1.82, 2.24) is 39.2 Å². The number of carbonyl (C=O) groups excluding carboxylic acids is 2. The molecule has 6 aromatic rings. The summed E-state index contributed by atoms with van der Waals surface area (Å²) in [6.45, 7) is 11.2. The van der Waals surface area contributed by atoms with Crippen LogP contribution < -0.4 is 21.2 Å². The maximum absolute atomic E-state index is 15.5. The second-order valence-electron chi connectivity index (χ2n) is 17.5. The Bertz CT molecular complexity index is 2850. The van der Waals surface area contributed by atoms with Crippen LogP contribution in [0.3, 0.4) is 0 Å². The van der Waals surface area contributed by atoms with Gasteiger partial charge in [-0.25, -0.2) is 18.7 Å². The molecule has 328 valence electrons. The lowest BCUT2D eigenvalue weighted by atomic mass is 9.91. The van der Waals surface area contributed by atoms with Crippen LogP contribution >= 0.6 is 0 Å². The van der Waals surface area contributed by atoms with E-state index in [1.54, 1.807) is 59.8 Å². The number of aromatic nitrogens is 5. The van der Waals surface area contributed by atoms with E-state index in [2.05, 4.69) is 40.5 Å². The monoisotopic (exact) mass is 858 g/mol. The average Bonchev–Trinajstić information content (AvgIpc) is 3.77. The number of aryl methyl sites for hydroxylation is 3. The molecule has 1 saturated carbocycles. The predicted octanol–water partition coefficient (Wildman–Crippen LogP) is 6.16. The molecule has 1 unspecified atom stereocenters. The van der Waals surface area contributed by atoms with Crippen LogP contribution in [0.15, 0.2) is 71.8 Å². The number of hydrogen-bond acceptors (Lipinski definition) is 9. The summed E-state index contributed by atoms with van der Waals surface area (Å²) in [6.07, 6.45) is 5.19. The highest BCUT2D eigenvalue weighted by molar-refractivity contribution is 6.00. The number of hydroxylamine groups is 1. The number of aliphatic hydroxyl groups is 1. The molecule has 6 heterocycles. The molecular weight excluding hydrogens is 808 g/mol. The van der Waals surface area contributed by atoms with Gasteiger partial charge in [0.05, 0.1) is 35.3 Å². The second-order valence-corrected chi connectivity index (χ2v) is 17.5. The molecule has 4 aliphatic rings. The fraction of sp³-hybridized carbons (Fsp3) is 0.404. The van der Waals surface area contributed by atoms with E-state index in [0.717, 1.165) is 35.0 Å². The quantitative estimate of drug-likeness (QED) is 0.147. The molecule has 0 spiro atoms. The van der Waals surface area contributed by atoms with Crippen molar-refractivity contribution in [3.05, 3.63) is 122 Å². The summed E-state index contributed by atoms with van der Waals surface area (Å²) in [7, 11) is 0. The summed E-state index contributed by atoms with van der Waals surface area (Å²) in [6, 6.07) is 16.7. The Balaban J connectivity index is 1.09. The van der Waals surface area contributed by atoms with Crippen molar-refractivity contribution >= 4 is 22.9 Å². The molecule has 3 fully saturated rings. The molecule has 4 atom stereocenters. The molecule has 1 aliphatic carbocycles. The lowest BCUT2D eigenvalue weighted by Crippen LogP contribution is -2.49. The van der Waals surface area contributed by atoms with E-state index >= 15 is 9.18 Å². The van der Waals surface area contributed by atoms with E-state index in [4.69, 9.17) is 19.4 Å². The first-order valence-corrected chi connectivity index (χ1v) is 21.7. The summed E-state index contributed by atoms with van der Waals surface area (Å²) in [4.78, 5) is 49.6. The molecule has 15 nitrogen and oxygen atoms in total. The molecule has 3 aliphatic heterocycles. The third kappa shape index (κ3) is 6.65. The molecule has 2 amide bonds. The molecule has 16 heteroatoms. The minimum Gasteiger partial charge on any atom is -0.491 e. The Hall–Kier alpha value is -6.23. The van der Waals surface area contributed by atoms with Gasteiger partial charge in [-0.05, 0) is 130 Å². The van der Waals surface area contributed by atoms with Crippen molar-refractivity contribution in [2.24, 2.45) is 5.92 Å². The lowest BCUT2D eigenvalue weighted by Gasteiger charge is -2.35. The maximum Gasteiger partial charge on any atom is 0.427 e. The van der Waals surface area contributed by atoms with Gasteiger partial charge in [0, 0.05) is 55.0 Å². The molecule has 63 heavy (non-hydrogen) atoms. The van der Waals surface area contributed by atoms with Crippen LogP contribution in [-0.2, 0) is 21.5 Å². The number of aliphatic hydroxyl groups excluding tert-OH is 1. The third-order valence-corrected chi connectivity index (χ3v) is 13.7. The zero-order chi connectivity index (χ0) is 43.9. The minimum absolute atomic E-state index is 0.0936. The molecular formula is C47H51FN8O7. The number of ether oxygens (including phenoxy) is 2. The van der Waals surface area contributed by atoms with Crippen molar-refractivity contribution in [3.63, 3.8) is 0 Å². The van der Waals surface area contributed by atoms with E-state index < -0.39 is 23.8 Å². The number of fused-ring (bicyclic) bond motifs is 2. The summed E-state index contributed by atoms with van der Waals surface area (Å²) >= 11 is 0. The van der Waals surface area contributed by atoms with E-state index in [9.17, 15) is 14.7 Å². The van der Waals surface area contributed by atoms with Crippen molar-refractivity contribution in [1.29, 1.82) is 0 Å². The number of nitrogens with zero attached hydrogens (tertiary/aromatic N) is 6. The number of carbonyl (C=O) groups is 2. The first-order chi connectivity index (χ1) is 30.4. The highest BCUT2D eigenvalue weighted by Gasteiger charge is 2.62. The second kappa shape index (κ2) is 15.5. The topological polar surface area (TPSA) is 159 Å². The van der Waals surface area contributed by atoms with E-state index in [1.165, 1.54) is 10.1 Å².